The van der Waals surface area contributed by atoms with Gasteiger partial charge in [0.2, 0.25) is 0 Å². The predicted molar refractivity (Wildman–Crippen MR) is 341 cm³/mol. The monoisotopic (exact) mass is 1080 g/mol. The summed E-state index contributed by atoms with van der Waals surface area (Å²) in [4.78, 5) is 0. The van der Waals surface area contributed by atoms with Crippen LogP contribution in [0.4, 0.5) is 0 Å². The Kier molecular flexibility index (Phi) is 20.0. The number of hydrogen-bond donors (Lipinski definition) is 0. The minimum Gasteiger partial charge on any atom is -0.326 e. The molecule has 392 valence electrons. The third-order valence-electron chi connectivity index (χ3n) is 19.9. The number of rotatable bonds is 12. The Balaban J connectivity index is 0.000000211. The lowest BCUT2D eigenvalue weighted by atomic mass is 9.21. The average molecular weight is 1090 g/mol. The zero-order valence-electron chi connectivity index (χ0n) is 47.8. The maximum Gasteiger partial charge on any atom is 0.302 e. The van der Waals surface area contributed by atoms with Crippen molar-refractivity contribution in [1.82, 2.24) is 0 Å². The molecule has 0 saturated heterocycles. The molecular weight excluding hydrogens is 992 g/mol. The summed E-state index contributed by atoms with van der Waals surface area (Å²) in [5.41, 5.74) is 24.5. The van der Waals surface area contributed by atoms with Gasteiger partial charge in [-0.1, -0.05) is 163 Å². The maximum absolute atomic E-state index is 8.19. The van der Waals surface area contributed by atoms with Crippen LogP contribution in [0.5, 0.6) is 0 Å². The first-order valence-corrected chi connectivity index (χ1v) is 35.7. The molecule has 4 aliphatic carbocycles. The van der Waals surface area contributed by atoms with Gasteiger partial charge in [-0.3, -0.25) is 0 Å². The van der Waals surface area contributed by atoms with Gasteiger partial charge in [0, 0.05) is 36.0 Å². The van der Waals surface area contributed by atoms with Gasteiger partial charge >= 0.3 is 9.17 Å². The molecule has 4 aliphatic rings. The lowest BCUT2D eigenvalue weighted by Gasteiger charge is -2.56. The normalized spacial score (nSPS) is 18.5. The quantitative estimate of drug-likeness (QED) is 0.0980. The molecule has 0 spiro atoms. The van der Waals surface area contributed by atoms with Gasteiger partial charge in [-0.2, -0.15) is 0 Å². The van der Waals surface area contributed by atoms with Gasteiger partial charge in [0.1, 0.15) is 13.2 Å². The van der Waals surface area contributed by atoms with Gasteiger partial charge in [0.25, 0.3) is 0 Å². The van der Waals surface area contributed by atoms with E-state index in [2.05, 4.69) is 145 Å². The molecule has 4 saturated carbocycles. The zero-order valence-corrected chi connectivity index (χ0v) is 52.6. The zero-order chi connectivity index (χ0) is 52.5. The molecule has 8 rings (SSSR count). The first-order valence-electron chi connectivity index (χ1n) is 29.0. The first kappa shape index (κ1) is 58.8. The van der Waals surface area contributed by atoms with Crippen molar-refractivity contribution in [3.8, 4) is 0 Å². The molecule has 0 atom stereocenters. The van der Waals surface area contributed by atoms with Crippen LogP contribution in [-0.4, -0.2) is 58.3 Å². The average Bonchev–Trinajstić information content (AvgIpc) is 3.32. The fourth-order valence-corrected chi connectivity index (χ4v) is 32.8. The molecule has 0 nitrogen and oxygen atoms in total. The highest BCUT2D eigenvalue weighted by atomic mass is 35.5. The van der Waals surface area contributed by atoms with Gasteiger partial charge in [-0.25, -0.2) is 0 Å². The van der Waals surface area contributed by atoms with Crippen LogP contribution in [0.1, 0.15) is 195 Å². The number of hydrogen-bond acceptors (Lipinski definition) is 0. The molecular formula is C62H94B4Cl4P2. The topological polar surface area (TPSA) is 0 Å². The minimum absolute atomic E-state index is 0.0525. The maximum atomic E-state index is 8.19. The van der Waals surface area contributed by atoms with Crippen molar-refractivity contribution < 1.29 is 0 Å². The molecule has 0 heterocycles. The highest BCUT2D eigenvalue weighted by Gasteiger charge is 2.63. The summed E-state index contributed by atoms with van der Waals surface area (Å²) < 4.78 is -3.44. The molecule has 72 heavy (non-hydrogen) atoms. The van der Waals surface area contributed by atoms with Crippen molar-refractivity contribution in [3.05, 3.63) is 115 Å². The third-order valence-corrected chi connectivity index (χ3v) is 37.9. The SMILES string of the molecule is Cc1cc(C)c(B(c2c(C)cc(C)cc2C)[B-](Cl)(Cl)[P+](C)(C2CCCCC2)C2CCCCC2)c(C)c1.Cc1cc(C)c(B(c2c(C)cc(C)cc2C)[B-](Cl)(Cl)[P+](C)(C2CCCCC2)C2CCCCC2)c(C)c1. The molecule has 0 aliphatic heterocycles. The minimum atomic E-state index is -1.72. The third kappa shape index (κ3) is 11.8. The van der Waals surface area contributed by atoms with E-state index in [9.17, 15) is 0 Å². The highest BCUT2D eigenvalue weighted by Crippen LogP contribution is 2.79. The van der Waals surface area contributed by atoms with E-state index in [0.717, 1.165) is 0 Å². The Bertz CT molecular complexity index is 2100. The highest BCUT2D eigenvalue weighted by molar-refractivity contribution is 8.31. The van der Waals surface area contributed by atoms with Crippen LogP contribution in [0.15, 0.2) is 48.5 Å². The predicted octanol–water partition coefficient (Wildman–Crippen LogP) is 17.9. The first-order chi connectivity index (χ1) is 34.0. The van der Waals surface area contributed by atoms with Gasteiger partial charge in [-0.05, 0) is 186 Å². The molecule has 4 aromatic rings. The number of halogens is 4. The summed E-state index contributed by atoms with van der Waals surface area (Å²) in [5, 5.41) is 0. The van der Waals surface area contributed by atoms with Crippen LogP contribution >= 0.6 is 60.1 Å². The van der Waals surface area contributed by atoms with E-state index in [1.807, 2.05) is 0 Å². The molecule has 10 heteroatoms. The fraction of sp³-hybridized carbons (Fsp3) is 0.613. The van der Waals surface area contributed by atoms with E-state index < -0.39 is 23.5 Å². The Morgan fingerprint density at radius 2 is 0.458 bits per heavy atom. The van der Waals surface area contributed by atoms with E-state index in [1.165, 1.54) is 217 Å². The van der Waals surface area contributed by atoms with Gasteiger partial charge in [-0.15, -0.1) is 14.3 Å². The van der Waals surface area contributed by atoms with E-state index >= 15 is 0 Å². The summed E-state index contributed by atoms with van der Waals surface area (Å²) in [6.45, 7) is 32.6. The van der Waals surface area contributed by atoms with E-state index in [0.29, 0.717) is 22.6 Å². The molecule has 0 radical (unpaired) electrons. The van der Waals surface area contributed by atoms with Crippen molar-refractivity contribution in [2.24, 2.45) is 0 Å². The molecule has 0 unspecified atom stereocenters. The summed E-state index contributed by atoms with van der Waals surface area (Å²) >= 11 is 32.8. The molecule has 4 aromatic carbocycles. The van der Waals surface area contributed by atoms with Gasteiger partial charge in [0.15, 0.2) is 0 Å². The van der Waals surface area contributed by atoms with Crippen LogP contribution < -0.4 is 21.9 Å². The van der Waals surface area contributed by atoms with Gasteiger partial charge < -0.3 is 45.8 Å². The molecule has 4 fully saturated rings. The Morgan fingerprint density at radius 1 is 0.306 bits per heavy atom. The summed E-state index contributed by atoms with van der Waals surface area (Å²) in [5.74, 6) is 0. The summed E-state index contributed by atoms with van der Waals surface area (Å²) in [6.07, 6.45) is 26.9. The Hall–Kier alpha value is -0.840. The number of aryl methyl sites for hydroxylation is 12. The van der Waals surface area contributed by atoms with E-state index in [4.69, 9.17) is 45.8 Å². The molecule has 0 N–H and O–H groups in total. The van der Waals surface area contributed by atoms with Crippen molar-refractivity contribution in [2.45, 2.75) is 234 Å². The lowest BCUT2D eigenvalue weighted by Crippen LogP contribution is -2.64. The van der Waals surface area contributed by atoms with Crippen LogP contribution in [0.25, 0.3) is 0 Å². The Labute approximate surface area is 463 Å². The smallest absolute Gasteiger partial charge is 0.302 e. The van der Waals surface area contributed by atoms with Crippen molar-refractivity contribution in [1.29, 1.82) is 0 Å². The summed E-state index contributed by atoms with van der Waals surface area (Å²) in [6, 6.07) is 18.8. The fourth-order valence-electron chi connectivity index (χ4n) is 16.7. The largest absolute Gasteiger partial charge is 0.326 e. The number of benzene rings is 4. The van der Waals surface area contributed by atoms with E-state index in [1.54, 1.807) is 0 Å². The molecule has 0 bridgehead atoms. The van der Waals surface area contributed by atoms with Crippen LogP contribution in [0.2, 0.25) is 0 Å². The van der Waals surface area contributed by atoms with Crippen molar-refractivity contribution in [2.75, 3.05) is 13.3 Å². The Morgan fingerprint density at radius 3 is 0.611 bits per heavy atom. The van der Waals surface area contributed by atoms with Gasteiger partial charge in [0.05, 0.1) is 0 Å². The molecule has 0 amide bonds. The second-order valence-electron chi connectivity index (χ2n) is 25.2. The lowest BCUT2D eigenvalue weighted by molar-refractivity contribution is 0.483. The summed E-state index contributed by atoms with van der Waals surface area (Å²) in [7, 11) is -3.44. The van der Waals surface area contributed by atoms with E-state index in [-0.39, 0.29) is 13.2 Å². The second-order valence-corrected chi connectivity index (χ2v) is 39.0. The standard InChI is InChI=1S/2C31H47B2Cl2P/c2*1-22-18-24(3)30(25(4)19-22)32(31-26(5)20-23(2)21-27(31)6)33(34,35)36(7,28-14-10-8-11-15-28)29-16-12-9-13-17-29/h2*18-21,28-29H,8-17H2,1-7H3. The van der Waals surface area contributed by atoms with Crippen LogP contribution in [0, 0.1) is 83.1 Å². The van der Waals surface area contributed by atoms with Crippen molar-refractivity contribution >= 4 is 104 Å². The second kappa shape index (κ2) is 24.4. The van der Waals surface area contributed by atoms with Crippen LogP contribution in [0.3, 0.4) is 0 Å². The van der Waals surface area contributed by atoms with Crippen LogP contribution in [-0.2, 0) is 0 Å². The van der Waals surface area contributed by atoms with Crippen molar-refractivity contribution in [3.63, 3.8) is 0 Å². The molecule has 0 aromatic heterocycles.